The summed E-state index contributed by atoms with van der Waals surface area (Å²) < 4.78 is 0. The zero-order valence-corrected chi connectivity index (χ0v) is 9.79. The van der Waals surface area contributed by atoms with E-state index in [9.17, 15) is 4.79 Å². The maximum atomic E-state index is 11.9. The minimum atomic E-state index is 0.222. The molecule has 0 aliphatic carbocycles. The van der Waals surface area contributed by atoms with E-state index in [0.717, 1.165) is 24.0 Å². The lowest BCUT2D eigenvalue weighted by molar-refractivity contribution is 0.0958. The molecule has 0 aromatic carbocycles. The second-order valence-corrected chi connectivity index (χ2v) is 4.06. The van der Waals surface area contributed by atoms with Crippen molar-refractivity contribution in [3.05, 3.63) is 29.6 Å². The minimum absolute atomic E-state index is 0.222. The predicted molar refractivity (Wildman–Crippen MR) is 62.0 cm³/mol. The fourth-order valence-corrected chi connectivity index (χ4v) is 1.66. The van der Waals surface area contributed by atoms with Crippen molar-refractivity contribution >= 4 is 5.78 Å². The second-order valence-electron chi connectivity index (χ2n) is 4.06. The fourth-order valence-electron chi connectivity index (χ4n) is 1.66. The molecule has 1 aromatic rings. The summed E-state index contributed by atoms with van der Waals surface area (Å²) in [6, 6.07) is 1.91. The number of carbonyl (C=O) groups is 1. The van der Waals surface area contributed by atoms with E-state index in [1.54, 1.807) is 12.4 Å². The van der Waals surface area contributed by atoms with Crippen molar-refractivity contribution in [2.45, 2.75) is 40.0 Å². The van der Waals surface area contributed by atoms with Crippen LogP contribution in [0, 0.1) is 12.8 Å². The molecular formula is C13H19NO. The van der Waals surface area contributed by atoms with Gasteiger partial charge >= 0.3 is 0 Å². The average Bonchev–Trinajstić information content (AvgIpc) is 2.25. The number of Topliss-reactive ketones (excluding diaryl/α,β-unsaturated/α-hetero) is 1. The Morgan fingerprint density at radius 2 is 2.00 bits per heavy atom. The maximum Gasteiger partial charge on any atom is 0.164 e. The van der Waals surface area contributed by atoms with E-state index in [0.29, 0.717) is 12.3 Å². The van der Waals surface area contributed by atoms with E-state index in [2.05, 4.69) is 18.8 Å². The third-order valence-electron chi connectivity index (χ3n) is 2.83. The van der Waals surface area contributed by atoms with E-state index < -0.39 is 0 Å². The van der Waals surface area contributed by atoms with Gasteiger partial charge in [0.1, 0.15) is 0 Å². The van der Waals surface area contributed by atoms with Crippen LogP contribution in [0.2, 0.25) is 0 Å². The van der Waals surface area contributed by atoms with Gasteiger partial charge in [-0.1, -0.05) is 26.7 Å². The summed E-state index contributed by atoms with van der Waals surface area (Å²) >= 11 is 0. The Labute approximate surface area is 91.7 Å². The van der Waals surface area contributed by atoms with Crippen molar-refractivity contribution in [3.8, 4) is 0 Å². The van der Waals surface area contributed by atoms with Crippen molar-refractivity contribution in [2.75, 3.05) is 0 Å². The summed E-state index contributed by atoms with van der Waals surface area (Å²) in [7, 11) is 0. The summed E-state index contributed by atoms with van der Waals surface area (Å²) in [4.78, 5) is 15.9. The fraction of sp³-hybridized carbons (Fsp3) is 0.538. The van der Waals surface area contributed by atoms with Gasteiger partial charge in [0.2, 0.25) is 0 Å². The monoisotopic (exact) mass is 205 g/mol. The second kappa shape index (κ2) is 5.64. The molecule has 0 unspecified atom stereocenters. The summed E-state index contributed by atoms with van der Waals surface area (Å²) in [6.45, 7) is 6.23. The molecule has 15 heavy (non-hydrogen) atoms. The third-order valence-corrected chi connectivity index (χ3v) is 2.83. The van der Waals surface area contributed by atoms with Gasteiger partial charge in [-0.15, -0.1) is 0 Å². The number of nitrogens with zero attached hydrogens (tertiary/aromatic N) is 1. The van der Waals surface area contributed by atoms with Gasteiger partial charge in [-0.3, -0.25) is 9.78 Å². The Hall–Kier alpha value is -1.18. The quantitative estimate of drug-likeness (QED) is 0.689. The maximum absolute atomic E-state index is 11.9. The van der Waals surface area contributed by atoms with E-state index in [1.807, 2.05) is 13.0 Å². The van der Waals surface area contributed by atoms with Gasteiger partial charge in [-0.05, 0) is 24.5 Å². The van der Waals surface area contributed by atoms with Crippen LogP contribution in [0.5, 0.6) is 0 Å². The van der Waals surface area contributed by atoms with Crippen LogP contribution in [-0.4, -0.2) is 10.8 Å². The molecule has 0 aliphatic heterocycles. The van der Waals surface area contributed by atoms with Gasteiger partial charge in [0.25, 0.3) is 0 Å². The summed E-state index contributed by atoms with van der Waals surface area (Å²) in [5.74, 6) is 0.734. The molecule has 0 fully saturated rings. The first-order chi connectivity index (χ1) is 7.17. The van der Waals surface area contributed by atoms with Gasteiger partial charge in [-0.25, -0.2) is 0 Å². The molecule has 0 atom stereocenters. The smallest absolute Gasteiger partial charge is 0.164 e. The Morgan fingerprint density at radius 3 is 2.53 bits per heavy atom. The van der Waals surface area contributed by atoms with Crippen molar-refractivity contribution in [1.29, 1.82) is 0 Å². The highest BCUT2D eigenvalue weighted by atomic mass is 16.1. The number of rotatable bonds is 5. The predicted octanol–water partition coefficient (Wildman–Crippen LogP) is 3.40. The Balaban J connectivity index is 2.68. The minimum Gasteiger partial charge on any atom is -0.294 e. The number of aryl methyl sites for hydroxylation is 1. The van der Waals surface area contributed by atoms with Gasteiger partial charge < -0.3 is 0 Å². The molecule has 0 radical (unpaired) electrons. The van der Waals surface area contributed by atoms with Gasteiger partial charge in [0.05, 0.1) is 0 Å². The van der Waals surface area contributed by atoms with Crippen molar-refractivity contribution in [1.82, 2.24) is 4.98 Å². The first-order valence-corrected chi connectivity index (χ1v) is 5.62. The highest BCUT2D eigenvalue weighted by Crippen LogP contribution is 2.16. The molecule has 0 amide bonds. The van der Waals surface area contributed by atoms with Crippen LogP contribution in [0.15, 0.2) is 18.5 Å². The van der Waals surface area contributed by atoms with E-state index in [-0.39, 0.29) is 5.78 Å². The molecule has 82 valence electrons. The van der Waals surface area contributed by atoms with Crippen LogP contribution in [0.4, 0.5) is 0 Å². The van der Waals surface area contributed by atoms with Crippen LogP contribution < -0.4 is 0 Å². The molecule has 1 aromatic heterocycles. The lowest BCUT2D eigenvalue weighted by Crippen LogP contribution is -2.08. The highest BCUT2D eigenvalue weighted by molar-refractivity contribution is 5.96. The molecule has 0 bridgehead atoms. The first kappa shape index (κ1) is 11.9. The number of hydrogen-bond acceptors (Lipinski definition) is 2. The third kappa shape index (κ3) is 3.46. The zero-order valence-electron chi connectivity index (χ0n) is 9.79. The Morgan fingerprint density at radius 1 is 1.33 bits per heavy atom. The van der Waals surface area contributed by atoms with Crippen LogP contribution in [0.3, 0.4) is 0 Å². The van der Waals surface area contributed by atoms with Gasteiger partial charge in [0.15, 0.2) is 5.78 Å². The molecule has 2 nitrogen and oxygen atoms in total. The zero-order chi connectivity index (χ0) is 11.3. The number of pyridine rings is 1. The molecule has 0 saturated heterocycles. The highest BCUT2D eigenvalue weighted by Gasteiger charge is 2.12. The van der Waals surface area contributed by atoms with Crippen molar-refractivity contribution in [3.63, 3.8) is 0 Å². The molecule has 0 aliphatic rings. The molecule has 0 N–H and O–H groups in total. The molecular weight excluding hydrogens is 186 g/mol. The number of aromatic nitrogens is 1. The standard InChI is InChI=1S/C13H19NO/c1-4-11(5-2)7-13(15)12-6-10(3)8-14-9-12/h6,8-9,11H,4-5,7H2,1-3H3. The number of carbonyl (C=O) groups excluding carboxylic acids is 1. The molecule has 0 saturated carbocycles. The summed E-state index contributed by atoms with van der Waals surface area (Å²) in [5.41, 5.74) is 1.80. The average molecular weight is 205 g/mol. The first-order valence-electron chi connectivity index (χ1n) is 5.62. The van der Waals surface area contributed by atoms with Crippen LogP contribution in [0.25, 0.3) is 0 Å². The van der Waals surface area contributed by atoms with E-state index in [1.165, 1.54) is 0 Å². The Bertz CT molecular complexity index is 329. The van der Waals surface area contributed by atoms with Gasteiger partial charge in [-0.2, -0.15) is 0 Å². The van der Waals surface area contributed by atoms with Gasteiger partial charge in [0, 0.05) is 24.4 Å². The molecule has 0 spiro atoms. The number of ketones is 1. The SMILES string of the molecule is CCC(CC)CC(=O)c1cncc(C)c1. The molecule has 1 heterocycles. The largest absolute Gasteiger partial charge is 0.294 e. The van der Waals surface area contributed by atoms with Crippen molar-refractivity contribution < 1.29 is 4.79 Å². The number of hydrogen-bond donors (Lipinski definition) is 0. The molecule has 1 rings (SSSR count). The molecule has 2 heteroatoms. The van der Waals surface area contributed by atoms with E-state index >= 15 is 0 Å². The van der Waals surface area contributed by atoms with Crippen LogP contribution in [-0.2, 0) is 0 Å². The van der Waals surface area contributed by atoms with Crippen LogP contribution in [0.1, 0.15) is 49.0 Å². The summed E-state index contributed by atoms with van der Waals surface area (Å²) in [5, 5.41) is 0. The lowest BCUT2D eigenvalue weighted by Gasteiger charge is -2.10. The summed E-state index contributed by atoms with van der Waals surface area (Å²) in [6.07, 6.45) is 6.23. The van der Waals surface area contributed by atoms with Crippen LogP contribution >= 0.6 is 0 Å². The topological polar surface area (TPSA) is 30.0 Å². The lowest BCUT2D eigenvalue weighted by atomic mass is 9.94. The Kier molecular flexibility index (Phi) is 4.47. The normalized spacial score (nSPS) is 10.7. The van der Waals surface area contributed by atoms with Crippen molar-refractivity contribution in [2.24, 2.45) is 5.92 Å². The van der Waals surface area contributed by atoms with E-state index in [4.69, 9.17) is 0 Å².